The number of carbonyl (C=O) groups excluding carboxylic acids is 2. The van der Waals surface area contributed by atoms with Crippen LogP contribution < -0.4 is 4.74 Å². The third kappa shape index (κ3) is 3.70. The molecule has 0 saturated carbocycles. The molecule has 4 nitrogen and oxygen atoms in total. The molecule has 0 aliphatic carbocycles. The van der Waals surface area contributed by atoms with Crippen LogP contribution in [0.15, 0.2) is 46.9 Å². The van der Waals surface area contributed by atoms with E-state index in [0.29, 0.717) is 21.3 Å². The van der Waals surface area contributed by atoms with Crippen molar-refractivity contribution in [2.75, 3.05) is 7.11 Å². The summed E-state index contributed by atoms with van der Waals surface area (Å²) >= 11 is 3.28. The highest BCUT2D eigenvalue weighted by Gasteiger charge is 2.13. The van der Waals surface area contributed by atoms with Gasteiger partial charge in [-0.05, 0) is 53.2 Å². The topological polar surface area (TPSA) is 52.6 Å². The first kappa shape index (κ1) is 15.3. The molecule has 0 atom stereocenters. The maximum Gasteiger partial charge on any atom is 0.343 e. The summed E-state index contributed by atoms with van der Waals surface area (Å²) in [4.78, 5) is 23.5. The summed E-state index contributed by atoms with van der Waals surface area (Å²) < 4.78 is 10.4. The molecule has 2 aromatic rings. The van der Waals surface area contributed by atoms with Crippen molar-refractivity contribution in [1.82, 2.24) is 0 Å². The highest BCUT2D eigenvalue weighted by atomic mass is 79.9. The van der Waals surface area contributed by atoms with Gasteiger partial charge in [0.2, 0.25) is 0 Å². The lowest BCUT2D eigenvalue weighted by Crippen LogP contribution is -2.09. The molecule has 0 saturated heterocycles. The van der Waals surface area contributed by atoms with Crippen molar-refractivity contribution in [3.8, 4) is 5.75 Å². The molecule has 0 heterocycles. The molecule has 0 aliphatic heterocycles. The highest BCUT2D eigenvalue weighted by Crippen LogP contribution is 2.27. The van der Waals surface area contributed by atoms with Crippen LogP contribution in [0.25, 0.3) is 0 Å². The molecule has 5 heteroatoms. The van der Waals surface area contributed by atoms with Gasteiger partial charge >= 0.3 is 11.9 Å². The van der Waals surface area contributed by atoms with E-state index in [1.54, 1.807) is 30.3 Å². The van der Waals surface area contributed by atoms with Crippen molar-refractivity contribution in [1.29, 1.82) is 0 Å². The molecule has 0 radical (unpaired) electrons. The predicted molar refractivity (Wildman–Crippen MR) is 81.6 cm³/mol. The monoisotopic (exact) mass is 348 g/mol. The molecule has 0 spiro atoms. The normalized spacial score (nSPS) is 10.0. The number of methoxy groups -OCH3 is 1. The van der Waals surface area contributed by atoms with Gasteiger partial charge in [0.05, 0.1) is 22.7 Å². The van der Waals surface area contributed by atoms with Crippen molar-refractivity contribution < 1.29 is 19.1 Å². The number of rotatable bonds is 3. The molecular weight excluding hydrogens is 336 g/mol. The van der Waals surface area contributed by atoms with E-state index in [9.17, 15) is 9.59 Å². The Labute approximate surface area is 130 Å². The maximum atomic E-state index is 12.1. The number of hydrogen-bond donors (Lipinski definition) is 0. The Bertz CT molecular complexity index is 694. The van der Waals surface area contributed by atoms with Crippen LogP contribution in [0.5, 0.6) is 5.75 Å². The second-order valence-corrected chi connectivity index (χ2v) is 5.25. The van der Waals surface area contributed by atoms with Gasteiger partial charge in [-0.25, -0.2) is 9.59 Å². The number of hydrogen-bond acceptors (Lipinski definition) is 4. The third-order valence-electron chi connectivity index (χ3n) is 2.81. The van der Waals surface area contributed by atoms with E-state index >= 15 is 0 Å². The molecule has 0 aromatic heterocycles. The molecule has 0 N–H and O–H groups in total. The van der Waals surface area contributed by atoms with E-state index in [0.717, 1.165) is 5.56 Å². The smallest absolute Gasteiger partial charge is 0.343 e. The molecule has 0 aliphatic rings. The Balaban J connectivity index is 2.20. The fourth-order valence-corrected chi connectivity index (χ4v) is 2.22. The van der Waals surface area contributed by atoms with Crippen molar-refractivity contribution >= 4 is 27.9 Å². The van der Waals surface area contributed by atoms with Crippen LogP contribution in [-0.2, 0) is 4.74 Å². The lowest BCUT2D eigenvalue weighted by Gasteiger charge is -2.08. The number of benzene rings is 2. The largest absolute Gasteiger partial charge is 0.465 e. The van der Waals surface area contributed by atoms with E-state index in [4.69, 9.17) is 4.74 Å². The van der Waals surface area contributed by atoms with Gasteiger partial charge in [0.15, 0.2) is 0 Å². The molecule has 21 heavy (non-hydrogen) atoms. The summed E-state index contributed by atoms with van der Waals surface area (Å²) in [7, 11) is 1.31. The Morgan fingerprint density at radius 2 is 1.71 bits per heavy atom. The average Bonchev–Trinajstić information content (AvgIpc) is 2.48. The Morgan fingerprint density at radius 3 is 2.33 bits per heavy atom. The zero-order valence-electron chi connectivity index (χ0n) is 11.6. The third-order valence-corrected chi connectivity index (χ3v) is 3.43. The summed E-state index contributed by atoms with van der Waals surface area (Å²) in [5, 5.41) is 0. The van der Waals surface area contributed by atoms with Crippen LogP contribution in [0, 0.1) is 6.92 Å². The van der Waals surface area contributed by atoms with Gasteiger partial charge in [-0.15, -0.1) is 0 Å². The first-order valence-electron chi connectivity index (χ1n) is 6.18. The van der Waals surface area contributed by atoms with Crippen LogP contribution >= 0.6 is 15.9 Å². The van der Waals surface area contributed by atoms with Gasteiger partial charge in [-0.1, -0.05) is 17.7 Å². The Kier molecular flexibility index (Phi) is 4.75. The minimum Gasteiger partial charge on any atom is -0.465 e. The summed E-state index contributed by atoms with van der Waals surface area (Å²) in [6.45, 7) is 1.90. The molecule has 2 rings (SSSR count). The van der Waals surface area contributed by atoms with Crippen LogP contribution in [-0.4, -0.2) is 19.0 Å². The fourth-order valence-electron chi connectivity index (χ4n) is 1.76. The molecule has 0 amide bonds. The number of halogens is 1. The summed E-state index contributed by atoms with van der Waals surface area (Å²) in [6.07, 6.45) is 0. The van der Waals surface area contributed by atoms with E-state index < -0.39 is 11.9 Å². The van der Waals surface area contributed by atoms with E-state index in [1.807, 2.05) is 13.0 Å². The zero-order valence-corrected chi connectivity index (χ0v) is 13.1. The van der Waals surface area contributed by atoms with Gasteiger partial charge in [0.25, 0.3) is 0 Å². The van der Waals surface area contributed by atoms with E-state index in [-0.39, 0.29) is 0 Å². The second-order valence-electron chi connectivity index (χ2n) is 4.40. The summed E-state index contributed by atoms with van der Waals surface area (Å²) in [5.41, 5.74) is 1.82. The van der Waals surface area contributed by atoms with Crippen LogP contribution in [0.1, 0.15) is 26.3 Å². The maximum absolute atomic E-state index is 12.1. The number of carbonyl (C=O) groups is 2. The standard InChI is InChI=1S/C16H13BrO4/c1-10-4-3-5-11(8-10)16(19)21-14-7-6-12(9-13(14)17)15(18)20-2/h3-9H,1-2H3. The lowest BCUT2D eigenvalue weighted by molar-refractivity contribution is 0.0600. The van der Waals surface area contributed by atoms with Crippen molar-refractivity contribution in [3.63, 3.8) is 0 Å². The van der Waals surface area contributed by atoms with Crippen LogP contribution in [0.2, 0.25) is 0 Å². The summed E-state index contributed by atoms with van der Waals surface area (Å²) in [6, 6.07) is 11.8. The minimum absolute atomic E-state index is 0.342. The Morgan fingerprint density at radius 1 is 1.00 bits per heavy atom. The molecule has 2 aromatic carbocycles. The van der Waals surface area contributed by atoms with E-state index in [2.05, 4.69) is 20.7 Å². The van der Waals surface area contributed by atoms with E-state index in [1.165, 1.54) is 13.2 Å². The first-order chi connectivity index (χ1) is 10.0. The van der Waals surface area contributed by atoms with Crippen molar-refractivity contribution in [3.05, 3.63) is 63.6 Å². The van der Waals surface area contributed by atoms with Gasteiger partial charge in [0.1, 0.15) is 5.75 Å². The zero-order chi connectivity index (χ0) is 15.4. The van der Waals surface area contributed by atoms with Crippen LogP contribution in [0.3, 0.4) is 0 Å². The van der Waals surface area contributed by atoms with Gasteiger partial charge in [-0.3, -0.25) is 0 Å². The van der Waals surface area contributed by atoms with Gasteiger partial charge < -0.3 is 9.47 Å². The molecule has 0 bridgehead atoms. The lowest BCUT2D eigenvalue weighted by atomic mass is 10.1. The molecule has 0 unspecified atom stereocenters. The number of esters is 2. The minimum atomic E-state index is -0.454. The van der Waals surface area contributed by atoms with Crippen molar-refractivity contribution in [2.24, 2.45) is 0 Å². The molecule has 0 fully saturated rings. The predicted octanol–water partition coefficient (Wildman–Crippen LogP) is 3.76. The highest BCUT2D eigenvalue weighted by molar-refractivity contribution is 9.10. The summed E-state index contributed by atoms with van der Waals surface area (Å²) in [5.74, 6) is -0.563. The fraction of sp³-hybridized carbons (Fsp3) is 0.125. The molecular formula is C16H13BrO4. The van der Waals surface area contributed by atoms with Gasteiger partial charge in [0, 0.05) is 0 Å². The number of ether oxygens (including phenoxy) is 2. The first-order valence-corrected chi connectivity index (χ1v) is 6.97. The van der Waals surface area contributed by atoms with Gasteiger partial charge in [-0.2, -0.15) is 0 Å². The van der Waals surface area contributed by atoms with Crippen molar-refractivity contribution in [2.45, 2.75) is 6.92 Å². The van der Waals surface area contributed by atoms with Crippen LogP contribution in [0.4, 0.5) is 0 Å². The quantitative estimate of drug-likeness (QED) is 0.625. The Hall–Kier alpha value is -2.14. The average molecular weight is 349 g/mol. The number of aryl methyl sites for hydroxylation is 1. The second kappa shape index (κ2) is 6.54. The molecule has 108 valence electrons. The SMILES string of the molecule is COC(=O)c1ccc(OC(=O)c2cccc(C)c2)c(Br)c1.